The summed E-state index contributed by atoms with van der Waals surface area (Å²) in [6.45, 7) is 24.0. The molecule has 5 aromatic rings. The molecule has 1 N–H and O–H groups in total. The number of benzene rings is 3. The van der Waals surface area contributed by atoms with Gasteiger partial charge in [-0.2, -0.15) is 0 Å². The van der Waals surface area contributed by atoms with E-state index in [0.29, 0.717) is 11.8 Å². The number of aliphatic hydroxyl groups excluding tert-OH is 1. The molecule has 0 fully saturated rings. The fourth-order valence-corrected chi connectivity index (χ4v) is 8.01. The van der Waals surface area contributed by atoms with Gasteiger partial charge in [-0.15, -0.1) is 23.3 Å². The zero-order chi connectivity index (χ0) is 36.5. The number of ketones is 1. The standard InChI is InChI=1S/C33H34NO.C13H24O2.Ir/c1-18(2)14-22-10-13-26-27-28-30(34-17-23(15-19(3)4)32(28)35-31(22)27)25-12-9-21-16-20(5)8-11-24(21)29(25)33(26,6)7;1-5-10(6-2)12(14)9-13(15)11(7-3)8-4;/h8-11,13,16-19H,14-15H2,1-7H3;9-11,14H,5-8H2,1-4H3;/q-1;;/b;12-9-;. The molecule has 6 rings (SSSR count). The van der Waals surface area contributed by atoms with Crippen molar-refractivity contribution in [2.45, 2.75) is 120 Å². The van der Waals surface area contributed by atoms with Crippen LogP contribution in [0.5, 0.6) is 0 Å². The molecule has 1 radical (unpaired) electrons. The molecule has 2 aromatic heterocycles. The summed E-state index contributed by atoms with van der Waals surface area (Å²) in [5.74, 6) is 1.63. The Labute approximate surface area is 319 Å². The van der Waals surface area contributed by atoms with Gasteiger partial charge in [0.15, 0.2) is 5.78 Å². The van der Waals surface area contributed by atoms with E-state index in [4.69, 9.17) is 9.40 Å². The van der Waals surface area contributed by atoms with Crippen molar-refractivity contribution in [3.8, 4) is 11.3 Å². The van der Waals surface area contributed by atoms with E-state index in [0.717, 1.165) is 60.9 Å². The molecule has 0 saturated heterocycles. The molecule has 3 aromatic carbocycles. The topological polar surface area (TPSA) is 63.3 Å². The summed E-state index contributed by atoms with van der Waals surface area (Å²) in [6, 6.07) is 17.3. The number of aryl methyl sites for hydroxylation is 1. The molecule has 5 heteroatoms. The average molecular weight is 865 g/mol. The summed E-state index contributed by atoms with van der Waals surface area (Å²) < 4.78 is 6.83. The number of furan rings is 1. The van der Waals surface area contributed by atoms with Crippen molar-refractivity contribution < 1.29 is 34.4 Å². The van der Waals surface area contributed by atoms with Crippen LogP contribution in [0.3, 0.4) is 0 Å². The second-order valence-corrected chi connectivity index (χ2v) is 15.9. The Kier molecular flexibility index (Phi) is 13.2. The maximum atomic E-state index is 11.7. The number of carbonyl (C=O) groups is 1. The molecule has 2 heterocycles. The maximum Gasteiger partial charge on any atom is 0.162 e. The zero-order valence-electron chi connectivity index (χ0n) is 32.7. The third kappa shape index (κ3) is 7.91. The second-order valence-electron chi connectivity index (χ2n) is 15.9. The van der Waals surface area contributed by atoms with Gasteiger partial charge in [0.25, 0.3) is 0 Å². The third-order valence-electron chi connectivity index (χ3n) is 10.8. The van der Waals surface area contributed by atoms with Crippen LogP contribution in [-0.4, -0.2) is 15.9 Å². The predicted molar refractivity (Wildman–Crippen MR) is 211 cm³/mol. The molecule has 0 saturated carbocycles. The normalized spacial score (nSPS) is 13.7. The molecule has 4 nitrogen and oxygen atoms in total. The minimum Gasteiger partial charge on any atom is -0.512 e. The van der Waals surface area contributed by atoms with Gasteiger partial charge in [0.1, 0.15) is 11.2 Å². The fourth-order valence-electron chi connectivity index (χ4n) is 8.01. The van der Waals surface area contributed by atoms with Gasteiger partial charge in [-0.1, -0.05) is 116 Å². The van der Waals surface area contributed by atoms with E-state index in [1.54, 1.807) is 0 Å². The number of fused-ring (bicyclic) bond motifs is 4. The quantitative estimate of drug-likeness (QED) is 0.0816. The molecular formula is C46H58IrNO3-. The monoisotopic (exact) mass is 865 g/mol. The smallest absolute Gasteiger partial charge is 0.162 e. The van der Waals surface area contributed by atoms with E-state index in [-0.39, 0.29) is 48.9 Å². The Balaban J connectivity index is 0.000000312. The van der Waals surface area contributed by atoms with Gasteiger partial charge in [0, 0.05) is 66.2 Å². The van der Waals surface area contributed by atoms with E-state index in [1.165, 1.54) is 55.4 Å². The Hall–Kier alpha value is -3.27. The molecule has 0 aliphatic heterocycles. The van der Waals surface area contributed by atoms with Crippen LogP contribution in [0.4, 0.5) is 0 Å². The summed E-state index contributed by atoms with van der Waals surface area (Å²) in [4.78, 5) is 16.9. The van der Waals surface area contributed by atoms with Crippen molar-refractivity contribution in [2.24, 2.45) is 23.7 Å². The number of carbonyl (C=O) groups excluding carboxylic acids is 1. The van der Waals surface area contributed by atoms with Gasteiger partial charge in [-0.25, -0.2) is 0 Å². The molecule has 51 heavy (non-hydrogen) atoms. The molecule has 0 spiro atoms. The first-order valence-corrected chi connectivity index (χ1v) is 19.0. The first kappa shape index (κ1) is 40.5. The van der Waals surface area contributed by atoms with Gasteiger partial charge in [0.05, 0.1) is 5.76 Å². The SMILES string of the molecule is CCC(CC)C(=O)/C=C(\O)C(CC)CC.Cc1ccc2c3c([c-]cc2c1)-c1ncc(CC(C)C)c2oc4c(CC(C)C)ccc(c4c12)C3(C)C.[Ir]. The molecule has 1 aliphatic rings. The van der Waals surface area contributed by atoms with Gasteiger partial charge in [-0.05, 0) is 73.8 Å². The minimum absolute atomic E-state index is 0. The molecule has 0 bridgehead atoms. The van der Waals surface area contributed by atoms with Crippen molar-refractivity contribution in [3.63, 3.8) is 0 Å². The van der Waals surface area contributed by atoms with E-state index >= 15 is 0 Å². The number of allylic oxidation sites excluding steroid dienone is 2. The number of hydrogen-bond donors (Lipinski definition) is 1. The van der Waals surface area contributed by atoms with E-state index in [2.05, 4.69) is 97.1 Å². The first-order chi connectivity index (χ1) is 23.8. The first-order valence-electron chi connectivity index (χ1n) is 19.0. The zero-order valence-corrected chi connectivity index (χ0v) is 35.1. The maximum absolute atomic E-state index is 11.7. The minimum atomic E-state index is -0.231. The molecule has 0 unspecified atom stereocenters. The van der Waals surface area contributed by atoms with Gasteiger partial charge >= 0.3 is 0 Å². The van der Waals surface area contributed by atoms with Crippen molar-refractivity contribution in [2.75, 3.05) is 0 Å². The van der Waals surface area contributed by atoms with Gasteiger partial charge < -0.3 is 14.5 Å². The summed E-state index contributed by atoms with van der Waals surface area (Å²) in [5.41, 5.74) is 10.4. The van der Waals surface area contributed by atoms with Crippen LogP contribution >= 0.6 is 0 Å². The number of hydrogen-bond acceptors (Lipinski definition) is 4. The summed E-state index contributed by atoms with van der Waals surface area (Å²) >= 11 is 0. The predicted octanol–water partition coefficient (Wildman–Crippen LogP) is 12.8. The fraction of sp³-hybridized carbons (Fsp3) is 0.478. The third-order valence-corrected chi connectivity index (χ3v) is 10.8. The largest absolute Gasteiger partial charge is 0.512 e. The van der Waals surface area contributed by atoms with Crippen molar-refractivity contribution in [1.29, 1.82) is 0 Å². The summed E-state index contributed by atoms with van der Waals surface area (Å²) in [7, 11) is 0. The van der Waals surface area contributed by atoms with Crippen LogP contribution in [0.1, 0.15) is 123 Å². The van der Waals surface area contributed by atoms with E-state index in [9.17, 15) is 9.90 Å². The second kappa shape index (κ2) is 16.6. The van der Waals surface area contributed by atoms with Crippen molar-refractivity contribution >= 4 is 38.5 Å². The van der Waals surface area contributed by atoms with Crippen LogP contribution < -0.4 is 0 Å². The van der Waals surface area contributed by atoms with Gasteiger partial charge in [0.2, 0.25) is 0 Å². The molecular weight excluding hydrogens is 807 g/mol. The van der Waals surface area contributed by atoms with E-state index < -0.39 is 0 Å². The number of rotatable bonds is 11. The number of nitrogens with zero attached hydrogens (tertiary/aromatic N) is 1. The number of aromatic nitrogens is 1. The molecule has 0 amide bonds. The average Bonchev–Trinajstić information content (AvgIpc) is 3.43. The van der Waals surface area contributed by atoms with Crippen molar-refractivity contribution in [1.82, 2.24) is 4.98 Å². The van der Waals surface area contributed by atoms with Crippen LogP contribution in [0.15, 0.2) is 58.8 Å². The van der Waals surface area contributed by atoms with Crippen LogP contribution in [0.25, 0.3) is 44.0 Å². The van der Waals surface area contributed by atoms with Crippen LogP contribution in [-0.2, 0) is 43.2 Å². The Morgan fingerprint density at radius 2 is 1.49 bits per heavy atom. The molecule has 275 valence electrons. The summed E-state index contributed by atoms with van der Waals surface area (Å²) in [5, 5.41) is 14.7. The van der Waals surface area contributed by atoms with Crippen molar-refractivity contribution in [3.05, 3.63) is 88.3 Å². The van der Waals surface area contributed by atoms with Gasteiger partial charge in [-0.3, -0.25) is 4.79 Å². The molecule has 1 aliphatic carbocycles. The number of pyridine rings is 1. The van der Waals surface area contributed by atoms with E-state index in [1.807, 2.05) is 27.7 Å². The van der Waals surface area contributed by atoms with Crippen LogP contribution in [0, 0.1) is 36.7 Å². The van der Waals surface area contributed by atoms with Crippen LogP contribution in [0.2, 0.25) is 0 Å². The summed E-state index contributed by atoms with van der Waals surface area (Å²) in [6.07, 6.45) is 8.91. The molecule has 0 atom stereocenters. The Bertz CT molecular complexity index is 2040. The Morgan fingerprint density at radius 1 is 0.882 bits per heavy atom. The Morgan fingerprint density at radius 3 is 2.10 bits per heavy atom. The number of aliphatic hydroxyl groups is 1.